The number of hydrogen-bond acceptors (Lipinski definition) is 7. The van der Waals surface area contributed by atoms with Crippen LogP contribution in [0.25, 0.3) is 17.5 Å². The van der Waals surface area contributed by atoms with Crippen LogP contribution < -0.4 is 14.9 Å². The highest BCUT2D eigenvalue weighted by Gasteiger charge is 2.35. The quantitative estimate of drug-likeness (QED) is 0.211. The molecule has 1 aliphatic heterocycles. The molecule has 0 unspecified atom stereocenters. The van der Waals surface area contributed by atoms with E-state index in [1.165, 1.54) is 11.3 Å². The lowest BCUT2D eigenvalue weighted by Gasteiger charge is -2.25. The molecule has 8 nitrogen and oxygen atoms in total. The van der Waals surface area contributed by atoms with E-state index in [0.29, 0.717) is 32.8 Å². The molecule has 232 valence electrons. The normalized spacial score (nSPS) is 14.5. The van der Waals surface area contributed by atoms with Gasteiger partial charge in [-0.15, -0.1) is 0 Å². The second kappa shape index (κ2) is 13.0. The first-order chi connectivity index (χ1) is 22.3. The van der Waals surface area contributed by atoms with E-state index in [4.69, 9.17) is 14.5 Å². The van der Waals surface area contributed by atoms with E-state index in [0.717, 1.165) is 33.8 Å². The van der Waals surface area contributed by atoms with E-state index in [-0.39, 0.29) is 18.1 Å². The fourth-order valence-corrected chi connectivity index (χ4v) is 6.82. The summed E-state index contributed by atoms with van der Waals surface area (Å²) in [6.45, 7) is 8.04. The summed E-state index contributed by atoms with van der Waals surface area (Å²) < 4.78 is 14.8. The summed E-state index contributed by atoms with van der Waals surface area (Å²) in [7, 11) is 0. The number of carbonyl (C=O) groups excluding carboxylic acids is 2. The van der Waals surface area contributed by atoms with Gasteiger partial charge in [-0.05, 0) is 75.2 Å². The molecule has 0 N–H and O–H groups in total. The second-order valence-electron chi connectivity index (χ2n) is 10.8. The van der Waals surface area contributed by atoms with E-state index in [9.17, 15) is 14.4 Å². The molecule has 0 spiro atoms. The number of hydrogen-bond donors (Lipinski definition) is 0. The summed E-state index contributed by atoms with van der Waals surface area (Å²) in [6, 6.07) is 27.6. The van der Waals surface area contributed by atoms with Crippen LogP contribution in [-0.2, 0) is 14.3 Å². The van der Waals surface area contributed by atoms with Crippen molar-refractivity contribution >= 4 is 35.0 Å². The van der Waals surface area contributed by atoms with Gasteiger partial charge >= 0.3 is 11.9 Å². The minimum atomic E-state index is -0.723. The van der Waals surface area contributed by atoms with Crippen molar-refractivity contribution in [2.45, 2.75) is 33.7 Å². The largest absolute Gasteiger partial charge is 0.463 e. The van der Waals surface area contributed by atoms with Gasteiger partial charge in [0, 0.05) is 22.6 Å². The van der Waals surface area contributed by atoms with Crippen LogP contribution >= 0.6 is 11.3 Å². The highest BCUT2D eigenvalue weighted by atomic mass is 32.1. The number of nitrogens with zero attached hydrogens (tertiary/aromatic N) is 3. The molecule has 46 heavy (non-hydrogen) atoms. The number of ether oxygens (including phenoxy) is 2. The Morgan fingerprint density at radius 1 is 0.870 bits per heavy atom. The molecule has 0 fully saturated rings. The van der Waals surface area contributed by atoms with Crippen molar-refractivity contribution < 1.29 is 19.1 Å². The summed E-state index contributed by atoms with van der Waals surface area (Å²) in [5, 5.41) is 0. The van der Waals surface area contributed by atoms with Gasteiger partial charge < -0.3 is 14.0 Å². The fraction of sp³-hybridized carbons (Fsp3) is 0.189. The van der Waals surface area contributed by atoms with Crippen molar-refractivity contribution in [2.75, 3.05) is 13.2 Å². The minimum Gasteiger partial charge on any atom is -0.463 e. The SMILES string of the molecule is CCOC(=O)C1=C(c2ccccc2)N=c2s/c(=C\c3cc(C)n(-c4ccc(C(=O)OCC)cc4)c3C)c(=O)n2[C@H]1c1ccccc1. The molecular weight excluding hydrogens is 598 g/mol. The molecule has 0 radical (unpaired) electrons. The highest BCUT2D eigenvalue weighted by Crippen LogP contribution is 2.35. The number of aryl methyl sites for hydroxylation is 1. The maximum Gasteiger partial charge on any atom is 0.338 e. The van der Waals surface area contributed by atoms with Gasteiger partial charge in [-0.3, -0.25) is 9.36 Å². The maximum atomic E-state index is 14.3. The number of esters is 2. The van der Waals surface area contributed by atoms with Crippen LogP contribution in [0.15, 0.2) is 106 Å². The van der Waals surface area contributed by atoms with Gasteiger partial charge in [0.25, 0.3) is 5.56 Å². The van der Waals surface area contributed by atoms with Gasteiger partial charge in [-0.1, -0.05) is 72.0 Å². The van der Waals surface area contributed by atoms with Crippen molar-refractivity contribution in [3.63, 3.8) is 0 Å². The first-order valence-corrected chi connectivity index (χ1v) is 15.9. The first kappa shape index (κ1) is 30.7. The van der Waals surface area contributed by atoms with Crippen molar-refractivity contribution in [1.82, 2.24) is 9.13 Å². The van der Waals surface area contributed by atoms with Crippen LogP contribution in [0.3, 0.4) is 0 Å². The molecule has 0 aliphatic carbocycles. The average Bonchev–Trinajstić information content (AvgIpc) is 3.54. The number of carbonyl (C=O) groups is 2. The molecule has 3 heterocycles. The van der Waals surface area contributed by atoms with Crippen molar-refractivity contribution in [3.8, 4) is 5.69 Å². The van der Waals surface area contributed by atoms with E-state index in [1.807, 2.05) is 98.8 Å². The van der Waals surface area contributed by atoms with Gasteiger partial charge in [0.05, 0.1) is 40.6 Å². The van der Waals surface area contributed by atoms with Gasteiger partial charge in [0.2, 0.25) is 0 Å². The third-order valence-electron chi connectivity index (χ3n) is 7.88. The van der Waals surface area contributed by atoms with Crippen LogP contribution in [0.2, 0.25) is 0 Å². The highest BCUT2D eigenvalue weighted by molar-refractivity contribution is 7.07. The molecule has 1 atom stereocenters. The van der Waals surface area contributed by atoms with Crippen molar-refractivity contribution in [2.24, 2.45) is 4.99 Å². The molecule has 3 aromatic carbocycles. The Morgan fingerprint density at radius 2 is 1.50 bits per heavy atom. The number of fused-ring (bicyclic) bond motifs is 1. The number of aromatic nitrogens is 2. The molecule has 6 rings (SSSR count). The molecule has 9 heteroatoms. The maximum absolute atomic E-state index is 14.3. The zero-order valence-electron chi connectivity index (χ0n) is 26.0. The second-order valence-corrected chi connectivity index (χ2v) is 11.8. The predicted molar refractivity (Wildman–Crippen MR) is 179 cm³/mol. The Hall–Kier alpha value is -5.28. The van der Waals surface area contributed by atoms with E-state index in [1.54, 1.807) is 30.5 Å². The minimum absolute atomic E-state index is 0.192. The number of benzene rings is 3. The van der Waals surface area contributed by atoms with E-state index >= 15 is 0 Å². The van der Waals surface area contributed by atoms with Crippen LogP contribution in [0.5, 0.6) is 0 Å². The van der Waals surface area contributed by atoms with E-state index < -0.39 is 12.0 Å². The van der Waals surface area contributed by atoms with Crippen molar-refractivity contribution in [1.29, 1.82) is 0 Å². The molecule has 5 aromatic rings. The van der Waals surface area contributed by atoms with Crippen LogP contribution in [0.4, 0.5) is 0 Å². The van der Waals surface area contributed by atoms with Crippen LogP contribution in [0.1, 0.15) is 58.3 Å². The summed E-state index contributed by atoms with van der Waals surface area (Å²) >= 11 is 1.29. The van der Waals surface area contributed by atoms with Crippen molar-refractivity contribution in [3.05, 3.63) is 150 Å². The fourth-order valence-electron chi connectivity index (χ4n) is 5.82. The Kier molecular flexibility index (Phi) is 8.68. The Balaban J connectivity index is 1.51. The standard InChI is InChI=1S/C37H33N3O5S/c1-5-44-35(42)27-17-19-29(20-18-27)39-23(3)21-28(24(39)4)22-30-34(41)40-33(26-15-11-8-12-16-26)31(36(43)45-6-2)32(38-37(40)46-30)25-13-9-7-10-14-25/h7-22,33H,5-6H2,1-4H3/b30-22-/t33-/m0/s1. The lowest BCUT2D eigenvalue weighted by atomic mass is 9.93. The third kappa shape index (κ3) is 5.65. The zero-order valence-corrected chi connectivity index (χ0v) is 26.8. The Labute approximate surface area is 270 Å². The number of thiazole rings is 1. The predicted octanol–water partition coefficient (Wildman–Crippen LogP) is 5.52. The lowest BCUT2D eigenvalue weighted by Crippen LogP contribution is -2.40. The molecule has 0 bridgehead atoms. The lowest BCUT2D eigenvalue weighted by molar-refractivity contribution is -0.138. The Morgan fingerprint density at radius 3 is 2.15 bits per heavy atom. The first-order valence-electron chi connectivity index (χ1n) is 15.1. The van der Waals surface area contributed by atoms with Crippen LogP contribution in [-0.4, -0.2) is 34.3 Å². The Bertz CT molecular complexity index is 2140. The van der Waals surface area contributed by atoms with Gasteiger partial charge in [0.15, 0.2) is 4.80 Å². The summed E-state index contributed by atoms with van der Waals surface area (Å²) in [4.78, 5) is 45.4. The summed E-state index contributed by atoms with van der Waals surface area (Å²) in [5.74, 6) is -0.868. The number of rotatable bonds is 8. The van der Waals surface area contributed by atoms with Gasteiger partial charge in [-0.2, -0.15) is 0 Å². The molecule has 0 amide bonds. The molecular formula is C37H33N3O5S. The molecule has 2 aromatic heterocycles. The average molecular weight is 632 g/mol. The molecule has 0 saturated carbocycles. The summed E-state index contributed by atoms with van der Waals surface area (Å²) in [5.41, 5.74) is 6.28. The topological polar surface area (TPSA) is 91.9 Å². The summed E-state index contributed by atoms with van der Waals surface area (Å²) in [6.07, 6.45) is 1.88. The monoisotopic (exact) mass is 631 g/mol. The van der Waals surface area contributed by atoms with Crippen LogP contribution in [0, 0.1) is 13.8 Å². The smallest absolute Gasteiger partial charge is 0.338 e. The zero-order chi connectivity index (χ0) is 32.4. The molecule has 1 aliphatic rings. The van der Waals surface area contributed by atoms with Gasteiger partial charge in [0.1, 0.15) is 0 Å². The van der Waals surface area contributed by atoms with E-state index in [2.05, 4.69) is 4.57 Å². The molecule has 0 saturated heterocycles. The third-order valence-corrected chi connectivity index (χ3v) is 8.87. The van der Waals surface area contributed by atoms with Gasteiger partial charge in [-0.25, -0.2) is 14.6 Å².